The molecule has 6 heteroatoms. The molecule has 0 saturated carbocycles. The molecule has 0 spiro atoms. The third-order valence-electron chi connectivity index (χ3n) is 7.15. The number of rotatable bonds is 5. The molecule has 1 aliphatic heterocycles. The molecular formula is C27H33N5O. The van der Waals surface area contributed by atoms with Gasteiger partial charge in [-0.05, 0) is 80.1 Å². The van der Waals surface area contributed by atoms with Crippen molar-refractivity contribution in [2.75, 3.05) is 26.7 Å². The fourth-order valence-corrected chi connectivity index (χ4v) is 5.36. The lowest BCUT2D eigenvalue weighted by atomic mass is 9.87. The Labute approximate surface area is 195 Å². The van der Waals surface area contributed by atoms with Gasteiger partial charge in [0.1, 0.15) is 0 Å². The summed E-state index contributed by atoms with van der Waals surface area (Å²) in [6.07, 6.45) is 5.97. The fraction of sp³-hybridized carbons (Fsp3) is 0.407. The molecule has 2 N–H and O–H groups in total. The molecule has 33 heavy (non-hydrogen) atoms. The van der Waals surface area contributed by atoms with Crippen LogP contribution in [-0.4, -0.2) is 51.9 Å². The molecule has 6 nitrogen and oxygen atoms in total. The summed E-state index contributed by atoms with van der Waals surface area (Å²) in [6, 6.07) is 11.4. The van der Waals surface area contributed by atoms with Gasteiger partial charge in [0.25, 0.3) is 0 Å². The highest BCUT2D eigenvalue weighted by atomic mass is 16.1. The molecule has 3 aromatic heterocycles. The largest absolute Gasteiger partial charge is 0.358 e. The lowest BCUT2D eigenvalue weighted by molar-refractivity contribution is -0.122. The van der Waals surface area contributed by atoms with Crippen LogP contribution in [0.15, 0.2) is 42.9 Å². The Hall–Kier alpha value is -3.12. The van der Waals surface area contributed by atoms with Crippen molar-refractivity contribution in [2.24, 2.45) is 0 Å². The molecule has 0 atom stereocenters. The van der Waals surface area contributed by atoms with Gasteiger partial charge >= 0.3 is 0 Å². The Balaban J connectivity index is 1.48. The first kappa shape index (κ1) is 21.7. The highest BCUT2D eigenvalue weighted by Crippen LogP contribution is 2.38. The minimum Gasteiger partial charge on any atom is -0.358 e. The SMILES string of the molecule is CNC(=O)CN1CCC(c2ccc3[nH]c(-c4cc(C)n5cncc5c4)c(C(C)C)c3c2)CC1. The van der Waals surface area contributed by atoms with Gasteiger partial charge in [0.05, 0.1) is 30.3 Å². The molecule has 4 heterocycles. The predicted octanol–water partition coefficient (Wildman–Crippen LogP) is 4.84. The summed E-state index contributed by atoms with van der Waals surface area (Å²) in [5.41, 5.74) is 8.71. The van der Waals surface area contributed by atoms with Gasteiger partial charge < -0.3 is 14.7 Å². The van der Waals surface area contributed by atoms with E-state index in [1.54, 1.807) is 7.05 Å². The van der Waals surface area contributed by atoms with Crippen molar-refractivity contribution in [1.82, 2.24) is 24.6 Å². The van der Waals surface area contributed by atoms with Crippen molar-refractivity contribution >= 4 is 22.3 Å². The van der Waals surface area contributed by atoms with E-state index in [-0.39, 0.29) is 5.91 Å². The zero-order valence-corrected chi connectivity index (χ0v) is 20.0. The fourth-order valence-electron chi connectivity index (χ4n) is 5.36. The van der Waals surface area contributed by atoms with Crippen LogP contribution >= 0.6 is 0 Å². The van der Waals surface area contributed by atoms with Crippen molar-refractivity contribution < 1.29 is 4.79 Å². The van der Waals surface area contributed by atoms with E-state index in [1.165, 1.54) is 39.0 Å². The number of likely N-dealkylation sites (N-methyl/N-ethyl adjacent to an activating group) is 1. The molecule has 1 aliphatic rings. The van der Waals surface area contributed by atoms with Crippen LogP contribution in [0.1, 0.15) is 55.3 Å². The van der Waals surface area contributed by atoms with E-state index in [1.807, 2.05) is 12.5 Å². The van der Waals surface area contributed by atoms with Gasteiger partial charge in [-0.15, -0.1) is 0 Å². The molecule has 0 aliphatic carbocycles. The molecular weight excluding hydrogens is 410 g/mol. The van der Waals surface area contributed by atoms with Crippen LogP contribution in [0.4, 0.5) is 0 Å². The average molecular weight is 444 g/mol. The van der Waals surface area contributed by atoms with Gasteiger partial charge in [-0.1, -0.05) is 19.9 Å². The molecule has 0 radical (unpaired) electrons. The number of nitrogens with zero attached hydrogens (tertiary/aromatic N) is 3. The average Bonchev–Trinajstić information content (AvgIpc) is 3.44. The van der Waals surface area contributed by atoms with Gasteiger partial charge in [-0.3, -0.25) is 9.69 Å². The number of fused-ring (bicyclic) bond motifs is 2. The molecule has 1 amide bonds. The van der Waals surface area contributed by atoms with E-state index in [4.69, 9.17) is 0 Å². The highest BCUT2D eigenvalue weighted by Gasteiger charge is 2.23. The minimum absolute atomic E-state index is 0.0978. The summed E-state index contributed by atoms with van der Waals surface area (Å²) < 4.78 is 2.12. The lowest BCUT2D eigenvalue weighted by Gasteiger charge is -2.31. The van der Waals surface area contributed by atoms with Crippen LogP contribution in [0.3, 0.4) is 0 Å². The van der Waals surface area contributed by atoms with Crippen molar-refractivity contribution in [1.29, 1.82) is 0 Å². The monoisotopic (exact) mass is 443 g/mol. The maximum Gasteiger partial charge on any atom is 0.233 e. The topological polar surface area (TPSA) is 65.4 Å². The number of hydrogen-bond acceptors (Lipinski definition) is 3. The zero-order valence-electron chi connectivity index (χ0n) is 20.0. The molecule has 1 saturated heterocycles. The number of aromatic amines is 1. The lowest BCUT2D eigenvalue weighted by Crippen LogP contribution is -2.40. The van der Waals surface area contributed by atoms with E-state index < -0.39 is 0 Å². The normalized spacial score (nSPS) is 15.7. The number of aromatic nitrogens is 3. The van der Waals surface area contributed by atoms with Crippen molar-refractivity contribution in [3.05, 3.63) is 59.7 Å². The number of nitrogens with one attached hydrogen (secondary N) is 2. The van der Waals surface area contributed by atoms with Gasteiger partial charge in [0.15, 0.2) is 0 Å². The second kappa shape index (κ2) is 8.67. The van der Waals surface area contributed by atoms with E-state index in [2.05, 4.69) is 75.7 Å². The molecule has 172 valence electrons. The van der Waals surface area contributed by atoms with Crippen LogP contribution in [-0.2, 0) is 4.79 Å². The Morgan fingerprint density at radius 2 is 2.00 bits per heavy atom. The standard InChI is InChI=1S/C27H33N5O/c1-17(2)26-23-13-20(19-7-9-31(10-8-19)15-25(33)28-4)5-6-24(23)30-27(26)21-11-18(3)32-16-29-14-22(32)12-21/h5-6,11-14,16-17,19,30H,7-10,15H2,1-4H3,(H,28,33). The number of amides is 1. The van der Waals surface area contributed by atoms with Crippen LogP contribution in [0.5, 0.6) is 0 Å². The second-order valence-corrected chi connectivity index (χ2v) is 9.67. The summed E-state index contributed by atoms with van der Waals surface area (Å²) >= 11 is 0. The molecule has 5 rings (SSSR count). The maximum atomic E-state index is 11.7. The smallest absolute Gasteiger partial charge is 0.233 e. The van der Waals surface area contributed by atoms with Gasteiger partial charge in [0, 0.05) is 29.2 Å². The molecule has 4 aromatic rings. The highest BCUT2D eigenvalue weighted by molar-refractivity contribution is 5.92. The third-order valence-corrected chi connectivity index (χ3v) is 7.15. The number of benzene rings is 1. The van der Waals surface area contributed by atoms with Crippen molar-refractivity contribution in [2.45, 2.75) is 45.4 Å². The Morgan fingerprint density at radius 1 is 1.21 bits per heavy atom. The predicted molar refractivity (Wildman–Crippen MR) is 134 cm³/mol. The molecule has 0 unspecified atom stereocenters. The zero-order chi connectivity index (χ0) is 23.1. The number of imidazole rings is 1. The molecule has 0 bridgehead atoms. The minimum atomic E-state index is 0.0978. The maximum absolute atomic E-state index is 11.7. The first-order valence-corrected chi connectivity index (χ1v) is 12.0. The first-order chi connectivity index (χ1) is 15.9. The number of hydrogen-bond donors (Lipinski definition) is 2. The van der Waals surface area contributed by atoms with Crippen LogP contribution in [0.25, 0.3) is 27.7 Å². The Kier molecular flexibility index (Phi) is 5.71. The van der Waals surface area contributed by atoms with E-state index in [0.717, 1.165) is 31.4 Å². The van der Waals surface area contributed by atoms with Crippen molar-refractivity contribution in [3.63, 3.8) is 0 Å². The number of piperidine rings is 1. The number of aryl methyl sites for hydroxylation is 1. The van der Waals surface area contributed by atoms with E-state index in [9.17, 15) is 4.79 Å². The third kappa shape index (κ3) is 4.04. The summed E-state index contributed by atoms with van der Waals surface area (Å²) in [5.74, 6) is 1.04. The Bertz CT molecular complexity index is 1310. The second-order valence-electron chi connectivity index (χ2n) is 9.67. The summed E-state index contributed by atoms with van der Waals surface area (Å²) in [6.45, 7) is 9.12. The number of likely N-dealkylation sites (tertiary alicyclic amines) is 1. The first-order valence-electron chi connectivity index (χ1n) is 12.0. The molecule has 1 aromatic carbocycles. The van der Waals surface area contributed by atoms with Crippen LogP contribution in [0, 0.1) is 6.92 Å². The number of pyridine rings is 1. The van der Waals surface area contributed by atoms with Crippen LogP contribution < -0.4 is 5.32 Å². The number of carbonyl (C=O) groups is 1. The summed E-state index contributed by atoms with van der Waals surface area (Å²) in [4.78, 5) is 22.0. The molecule has 1 fully saturated rings. The van der Waals surface area contributed by atoms with Crippen LogP contribution in [0.2, 0.25) is 0 Å². The van der Waals surface area contributed by atoms with E-state index in [0.29, 0.717) is 18.4 Å². The quantitative estimate of drug-likeness (QED) is 0.464. The summed E-state index contributed by atoms with van der Waals surface area (Å²) in [5, 5.41) is 4.06. The number of carbonyl (C=O) groups excluding carboxylic acids is 1. The number of H-pyrrole nitrogens is 1. The van der Waals surface area contributed by atoms with Gasteiger partial charge in [0.2, 0.25) is 5.91 Å². The van der Waals surface area contributed by atoms with Gasteiger partial charge in [-0.25, -0.2) is 4.98 Å². The summed E-state index contributed by atoms with van der Waals surface area (Å²) in [7, 11) is 1.71. The Morgan fingerprint density at radius 3 is 2.73 bits per heavy atom. The van der Waals surface area contributed by atoms with Gasteiger partial charge in [-0.2, -0.15) is 0 Å². The van der Waals surface area contributed by atoms with Crippen molar-refractivity contribution in [3.8, 4) is 11.3 Å². The van der Waals surface area contributed by atoms with E-state index >= 15 is 0 Å².